The number of hydrogen-bond donors (Lipinski definition) is 1. The third kappa shape index (κ3) is 4.51. The van der Waals surface area contributed by atoms with Gasteiger partial charge in [0.05, 0.1) is 19.6 Å². The van der Waals surface area contributed by atoms with Gasteiger partial charge in [0.15, 0.2) is 5.52 Å². The smallest absolute Gasteiger partial charge is 0.418 e. The van der Waals surface area contributed by atoms with Crippen LogP contribution in [0.25, 0.3) is 11.0 Å². The zero-order valence-corrected chi connectivity index (χ0v) is 14.3. The molecule has 3 heterocycles. The molecule has 1 N–H and O–H groups in total. The number of nitrogens with zero attached hydrogens (tertiary/aromatic N) is 4. The fraction of sp³-hybridized carbons (Fsp3) is 0.533. The Bertz CT molecular complexity index is 767. The first-order valence-electron chi connectivity index (χ1n) is 8.71. The predicted molar refractivity (Wildman–Crippen MR) is 89.8 cm³/mol. The summed E-state index contributed by atoms with van der Waals surface area (Å²) in [6.45, 7) is 4.46. The van der Waals surface area contributed by atoms with Gasteiger partial charge in [0.2, 0.25) is 0 Å². The lowest BCUT2D eigenvalue weighted by molar-refractivity contribution is -0.842. The monoisotopic (exact) mass is 374 g/mol. The largest absolute Gasteiger partial charge is 0.673 e. The fourth-order valence-electron chi connectivity index (χ4n) is 3.49. The van der Waals surface area contributed by atoms with Crippen LogP contribution in [0.4, 0.5) is 21.8 Å². The summed E-state index contributed by atoms with van der Waals surface area (Å²) in [4.78, 5) is 1.56. The number of carbonyl (C=O) groups excluding carboxylic acids is 1. The van der Waals surface area contributed by atoms with Crippen molar-refractivity contribution >= 4 is 24.3 Å². The van der Waals surface area contributed by atoms with E-state index >= 15 is 0 Å². The van der Waals surface area contributed by atoms with Gasteiger partial charge in [0, 0.05) is 29.1 Å². The molecule has 142 valence electrons. The van der Waals surface area contributed by atoms with E-state index in [4.69, 9.17) is 4.53 Å². The van der Waals surface area contributed by atoms with Crippen molar-refractivity contribution in [2.45, 2.75) is 25.7 Å². The molecule has 1 aromatic carbocycles. The number of amides is 2. The molecule has 0 unspecified atom stereocenters. The van der Waals surface area contributed by atoms with E-state index in [1.807, 2.05) is 24.3 Å². The molecule has 2 aliphatic rings. The Kier molecular flexibility index (Phi) is 5.45. The third-order valence-electron chi connectivity index (χ3n) is 4.64. The van der Waals surface area contributed by atoms with Gasteiger partial charge in [-0.25, -0.2) is 0 Å². The van der Waals surface area contributed by atoms with Crippen LogP contribution in [0.1, 0.15) is 25.7 Å². The minimum absolute atomic E-state index is 0.861. The Balaban J connectivity index is 0.000000349. The van der Waals surface area contributed by atoms with Gasteiger partial charge in [-0.2, -0.15) is 4.48 Å². The molecule has 2 fully saturated rings. The fourth-order valence-corrected chi connectivity index (χ4v) is 3.49. The molecule has 0 saturated carbocycles. The molecular weight excluding hydrogens is 353 g/mol. The molecule has 6 nitrogen and oxygen atoms in total. The van der Waals surface area contributed by atoms with Crippen molar-refractivity contribution in [2.24, 2.45) is 0 Å². The van der Waals surface area contributed by atoms with E-state index in [0.717, 1.165) is 47.7 Å². The molecule has 4 rings (SSSR count). The highest BCUT2D eigenvalue weighted by molar-refractivity contribution is 6.50. The Hall–Kier alpha value is -2.17. The van der Waals surface area contributed by atoms with E-state index in [9.17, 15) is 17.3 Å². The molecule has 26 heavy (non-hydrogen) atoms. The molecule has 0 bridgehead atoms. The van der Waals surface area contributed by atoms with E-state index in [-0.39, 0.29) is 0 Å². The van der Waals surface area contributed by atoms with Crippen LogP contribution in [-0.4, -0.2) is 59.1 Å². The highest BCUT2D eigenvalue weighted by atomic mass is 19.5. The highest BCUT2D eigenvalue weighted by Crippen LogP contribution is 2.24. The minimum Gasteiger partial charge on any atom is -0.418 e. The maximum absolute atomic E-state index is 9.75. The zero-order chi connectivity index (χ0) is 18.6. The Morgan fingerprint density at radius 2 is 1.62 bits per heavy atom. The van der Waals surface area contributed by atoms with Gasteiger partial charge in [-0.05, 0) is 25.0 Å². The van der Waals surface area contributed by atoms with Crippen LogP contribution in [0.3, 0.4) is 0 Å². The zero-order valence-electron chi connectivity index (χ0n) is 14.3. The van der Waals surface area contributed by atoms with Gasteiger partial charge in [0.1, 0.15) is 10.4 Å². The van der Waals surface area contributed by atoms with Crippen molar-refractivity contribution in [3.05, 3.63) is 24.3 Å². The number of nitrogens with one attached hydrogen (secondary N) is 1. The Morgan fingerprint density at radius 1 is 1.00 bits per heavy atom. The van der Waals surface area contributed by atoms with Crippen LogP contribution in [0.2, 0.25) is 0 Å². The van der Waals surface area contributed by atoms with E-state index < -0.39 is 7.25 Å². The quantitative estimate of drug-likeness (QED) is 0.361. The highest BCUT2D eigenvalue weighted by Gasteiger charge is 2.48. The third-order valence-corrected chi connectivity index (χ3v) is 4.64. The van der Waals surface area contributed by atoms with Gasteiger partial charge < -0.3 is 17.3 Å². The molecule has 1 spiro atoms. The molecule has 0 atom stereocenters. The summed E-state index contributed by atoms with van der Waals surface area (Å²) in [7, 11) is -6.00. The number of para-hydroxylation sites is 1. The van der Waals surface area contributed by atoms with Gasteiger partial charge in [-0.3, -0.25) is 5.32 Å². The SMILES string of the molecule is F[B-](F)(F)F.c1ccc2c(c1)nnn2[O+]=C1NCCCC[N+]12CCCC2. The number of urea groups is 1. The number of aromatic nitrogens is 3. The van der Waals surface area contributed by atoms with Crippen molar-refractivity contribution < 1.29 is 26.3 Å². The molecular formula is C15H21BF4N5O+. The second-order valence-electron chi connectivity index (χ2n) is 6.50. The second kappa shape index (κ2) is 7.61. The van der Waals surface area contributed by atoms with Crippen LogP contribution >= 0.6 is 0 Å². The molecule has 2 amide bonds. The molecule has 0 radical (unpaired) electrons. The van der Waals surface area contributed by atoms with Crippen LogP contribution in [0.15, 0.2) is 24.3 Å². The standard InChI is InChI=1S/C15H21N5O.BF4/c1-2-8-14-13(7-1)17-18-19(14)21-15-16-9-3-4-10-20(15)11-5-6-12-20;2-1(3,4)5/h1-2,7-8,16H,3-6,9-12H2;/q+2;-1. The first-order valence-corrected chi connectivity index (χ1v) is 8.71. The predicted octanol–water partition coefficient (Wildman–Crippen LogP) is 3.14. The van der Waals surface area contributed by atoms with Crippen molar-refractivity contribution in [3.63, 3.8) is 0 Å². The molecule has 0 aliphatic carbocycles. The van der Waals surface area contributed by atoms with E-state index in [1.165, 1.54) is 25.7 Å². The summed E-state index contributed by atoms with van der Waals surface area (Å²) in [5.41, 5.74) is 1.77. The van der Waals surface area contributed by atoms with Crippen LogP contribution in [-0.2, 0) is 0 Å². The lowest BCUT2D eigenvalue weighted by Gasteiger charge is -2.23. The van der Waals surface area contributed by atoms with E-state index in [0.29, 0.717) is 0 Å². The van der Waals surface area contributed by atoms with Gasteiger partial charge in [-0.15, -0.1) is 5.10 Å². The summed E-state index contributed by atoms with van der Waals surface area (Å²) < 4.78 is 46.1. The molecule has 2 saturated heterocycles. The van der Waals surface area contributed by atoms with Gasteiger partial charge in [0.25, 0.3) is 0 Å². The topological polar surface area (TPSA) is 54.0 Å². The van der Waals surface area contributed by atoms with Crippen LogP contribution in [0, 0.1) is 0 Å². The average Bonchev–Trinajstić information content (AvgIpc) is 3.14. The average molecular weight is 374 g/mol. The number of hydrogen-bond acceptors (Lipinski definition) is 2. The van der Waals surface area contributed by atoms with Gasteiger partial charge >= 0.3 is 13.3 Å². The summed E-state index contributed by atoms with van der Waals surface area (Å²) in [6.07, 6.45) is 4.99. The van der Waals surface area contributed by atoms with Gasteiger partial charge in [-0.1, -0.05) is 12.1 Å². The summed E-state index contributed by atoms with van der Waals surface area (Å²) in [5, 5.41) is 11.8. The van der Waals surface area contributed by atoms with Crippen LogP contribution in [0.5, 0.6) is 0 Å². The number of fused-ring (bicyclic) bond motifs is 1. The lowest BCUT2D eigenvalue weighted by Crippen LogP contribution is -2.55. The summed E-state index contributed by atoms with van der Waals surface area (Å²) in [5.74, 6) is 0. The number of halogens is 4. The van der Waals surface area contributed by atoms with Crippen molar-refractivity contribution in [3.8, 4) is 0 Å². The summed E-state index contributed by atoms with van der Waals surface area (Å²) >= 11 is 0. The summed E-state index contributed by atoms with van der Waals surface area (Å²) in [6, 6.07) is 8.83. The second-order valence-corrected chi connectivity index (χ2v) is 6.50. The van der Waals surface area contributed by atoms with E-state index in [2.05, 4.69) is 15.6 Å². The first kappa shape index (κ1) is 18.6. The van der Waals surface area contributed by atoms with E-state index in [1.54, 1.807) is 4.85 Å². The normalized spacial score (nSPS) is 21.3. The van der Waals surface area contributed by atoms with Crippen molar-refractivity contribution in [1.29, 1.82) is 0 Å². The van der Waals surface area contributed by atoms with Crippen molar-refractivity contribution in [2.75, 3.05) is 26.2 Å². The maximum Gasteiger partial charge on any atom is 0.673 e. The number of benzene rings is 1. The van der Waals surface area contributed by atoms with Crippen LogP contribution < -0.4 is 5.32 Å². The first-order chi connectivity index (χ1) is 12.4. The molecule has 2 aromatic rings. The van der Waals surface area contributed by atoms with Crippen molar-refractivity contribution in [1.82, 2.24) is 20.5 Å². The maximum atomic E-state index is 9.75. The number of quaternary nitrogens is 1. The molecule has 11 heteroatoms. The Labute approximate surface area is 148 Å². The molecule has 1 aromatic heterocycles. The lowest BCUT2D eigenvalue weighted by atomic mass is 10.3. The molecule has 2 aliphatic heterocycles. The number of rotatable bonds is 1. The Morgan fingerprint density at radius 3 is 2.31 bits per heavy atom. The minimum atomic E-state index is -6.00.